The van der Waals surface area contributed by atoms with Crippen LogP contribution in [0.5, 0.6) is 0 Å². The second-order valence-corrected chi connectivity index (χ2v) is 7.80. The molecule has 4 rings (SSSR count). The van der Waals surface area contributed by atoms with Crippen LogP contribution in [0.25, 0.3) is 10.6 Å². The van der Waals surface area contributed by atoms with E-state index < -0.39 is 11.7 Å². The number of ether oxygens (including phenoxy) is 2. The number of benzene rings is 1. The van der Waals surface area contributed by atoms with Crippen molar-refractivity contribution in [2.75, 3.05) is 26.3 Å². The van der Waals surface area contributed by atoms with E-state index in [2.05, 4.69) is 9.88 Å². The average Bonchev–Trinajstić information content (AvgIpc) is 3.34. The predicted molar refractivity (Wildman–Crippen MR) is 96.2 cm³/mol. The second kappa shape index (κ2) is 7.87. The minimum absolute atomic E-state index is 0.0438. The molecular weight excluding hydrogens is 377 g/mol. The highest BCUT2D eigenvalue weighted by atomic mass is 32.1. The maximum atomic E-state index is 12.7. The molecule has 0 saturated carbocycles. The maximum absolute atomic E-state index is 12.7. The van der Waals surface area contributed by atoms with E-state index >= 15 is 0 Å². The first-order valence-electron chi connectivity index (χ1n) is 9.06. The first-order chi connectivity index (χ1) is 13.0. The molecule has 2 aliphatic rings. The van der Waals surface area contributed by atoms with Gasteiger partial charge < -0.3 is 9.47 Å². The Kier molecular flexibility index (Phi) is 5.50. The van der Waals surface area contributed by atoms with E-state index in [4.69, 9.17) is 9.47 Å². The summed E-state index contributed by atoms with van der Waals surface area (Å²) in [5.74, 6) is 0.460. The molecule has 0 unspecified atom stereocenters. The third-order valence-electron chi connectivity index (χ3n) is 5.06. The molecule has 4 nitrogen and oxygen atoms in total. The summed E-state index contributed by atoms with van der Waals surface area (Å²) < 4.78 is 49.2. The first kappa shape index (κ1) is 18.9. The lowest BCUT2D eigenvalue weighted by Crippen LogP contribution is -2.37. The van der Waals surface area contributed by atoms with Gasteiger partial charge >= 0.3 is 6.18 Å². The van der Waals surface area contributed by atoms with Crippen molar-refractivity contribution < 1.29 is 22.6 Å². The van der Waals surface area contributed by atoms with Crippen molar-refractivity contribution in [1.82, 2.24) is 9.88 Å². The maximum Gasteiger partial charge on any atom is 0.416 e. The van der Waals surface area contributed by atoms with Gasteiger partial charge in [0.15, 0.2) is 6.29 Å². The minimum Gasteiger partial charge on any atom is -0.350 e. The Morgan fingerprint density at radius 3 is 2.37 bits per heavy atom. The third-order valence-corrected chi connectivity index (χ3v) is 6.00. The molecule has 2 saturated heterocycles. The molecule has 8 heteroatoms. The van der Waals surface area contributed by atoms with Crippen LogP contribution in [0.4, 0.5) is 13.2 Å². The van der Waals surface area contributed by atoms with E-state index in [0.29, 0.717) is 24.7 Å². The molecule has 2 aliphatic heterocycles. The zero-order chi connectivity index (χ0) is 18.9. The molecule has 0 atom stereocenters. The molecule has 0 aliphatic carbocycles. The molecule has 0 spiro atoms. The minimum atomic E-state index is -4.31. The number of rotatable bonds is 4. The Morgan fingerprint density at radius 2 is 1.74 bits per heavy atom. The molecule has 1 aromatic carbocycles. The van der Waals surface area contributed by atoms with Crippen molar-refractivity contribution in [2.24, 2.45) is 5.92 Å². The van der Waals surface area contributed by atoms with Gasteiger partial charge in [-0.3, -0.25) is 4.90 Å². The standard InChI is InChI=1S/C19H21F3N2O2S/c20-19(21,22)15-3-1-13(2-4-15)17-23-16(12-27-17)11-24-7-5-14(6-8-24)18-25-9-10-26-18/h1-4,12,14,18H,5-11H2. The van der Waals surface area contributed by atoms with Gasteiger partial charge in [0, 0.05) is 23.4 Å². The van der Waals surface area contributed by atoms with E-state index in [1.807, 2.05) is 5.38 Å². The van der Waals surface area contributed by atoms with Crippen LogP contribution < -0.4 is 0 Å². The molecule has 3 heterocycles. The van der Waals surface area contributed by atoms with Crippen molar-refractivity contribution in [3.05, 3.63) is 40.9 Å². The molecule has 0 bridgehead atoms. The third kappa shape index (κ3) is 4.51. The number of hydrogen-bond donors (Lipinski definition) is 0. The van der Waals surface area contributed by atoms with Crippen molar-refractivity contribution in [1.29, 1.82) is 0 Å². The second-order valence-electron chi connectivity index (χ2n) is 6.94. The molecule has 0 N–H and O–H groups in total. The van der Waals surface area contributed by atoms with E-state index in [0.717, 1.165) is 55.3 Å². The summed E-state index contributed by atoms with van der Waals surface area (Å²) >= 11 is 1.47. The molecule has 0 radical (unpaired) electrons. The van der Waals surface area contributed by atoms with Crippen molar-refractivity contribution in [2.45, 2.75) is 31.9 Å². The number of hydrogen-bond acceptors (Lipinski definition) is 5. The van der Waals surface area contributed by atoms with Crippen LogP contribution in [0.1, 0.15) is 24.1 Å². The lowest BCUT2D eigenvalue weighted by Gasteiger charge is -2.33. The van der Waals surface area contributed by atoms with Crippen molar-refractivity contribution in [3.8, 4) is 10.6 Å². The van der Waals surface area contributed by atoms with Crippen molar-refractivity contribution in [3.63, 3.8) is 0 Å². The quantitative estimate of drug-likeness (QED) is 0.764. The van der Waals surface area contributed by atoms with Gasteiger partial charge in [-0.05, 0) is 38.1 Å². The smallest absolute Gasteiger partial charge is 0.350 e. The largest absolute Gasteiger partial charge is 0.416 e. The molecule has 27 heavy (non-hydrogen) atoms. The molecule has 1 aromatic heterocycles. The normalized spacial score (nSPS) is 20.4. The Bertz CT molecular complexity index is 749. The summed E-state index contributed by atoms with van der Waals surface area (Å²) in [6, 6.07) is 5.18. The predicted octanol–water partition coefficient (Wildman–Crippen LogP) is 4.41. The van der Waals surface area contributed by atoms with Gasteiger partial charge in [-0.15, -0.1) is 11.3 Å². The van der Waals surface area contributed by atoms with Gasteiger partial charge in [0.25, 0.3) is 0 Å². The molecule has 0 amide bonds. The Hall–Kier alpha value is -1.48. The Morgan fingerprint density at radius 1 is 1.07 bits per heavy atom. The van der Waals surface area contributed by atoms with Gasteiger partial charge in [-0.25, -0.2) is 4.98 Å². The summed E-state index contributed by atoms with van der Waals surface area (Å²) in [7, 11) is 0. The zero-order valence-electron chi connectivity index (χ0n) is 14.7. The van der Waals surface area contributed by atoms with Crippen LogP contribution in [0.2, 0.25) is 0 Å². The number of halogens is 3. The average molecular weight is 398 g/mol. The summed E-state index contributed by atoms with van der Waals surface area (Å²) in [4.78, 5) is 6.97. The Balaban J connectivity index is 1.33. The van der Waals surface area contributed by atoms with Gasteiger partial charge in [0.05, 0.1) is 24.5 Å². The first-order valence-corrected chi connectivity index (χ1v) is 9.94. The number of nitrogens with zero attached hydrogens (tertiary/aromatic N) is 2. The van der Waals surface area contributed by atoms with E-state index in [1.54, 1.807) is 0 Å². The van der Waals surface area contributed by atoms with Crippen LogP contribution in [0.15, 0.2) is 29.6 Å². The highest BCUT2D eigenvalue weighted by Gasteiger charge is 2.31. The highest BCUT2D eigenvalue weighted by molar-refractivity contribution is 7.13. The summed E-state index contributed by atoms with van der Waals surface area (Å²) in [6.45, 7) is 4.09. The molecule has 2 fully saturated rings. The number of likely N-dealkylation sites (tertiary alicyclic amines) is 1. The summed E-state index contributed by atoms with van der Waals surface area (Å²) in [6.07, 6.45) is -2.27. The molecule has 146 valence electrons. The Labute approximate surface area is 159 Å². The van der Waals surface area contributed by atoms with Crippen molar-refractivity contribution >= 4 is 11.3 Å². The van der Waals surface area contributed by atoms with Gasteiger partial charge in [0.2, 0.25) is 0 Å². The van der Waals surface area contributed by atoms with E-state index in [9.17, 15) is 13.2 Å². The molecular formula is C19H21F3N2O2S. The van der Waals surface area contributed by atoms with Gasteiger partial charge in [-0.1, -0.05) is 12.1 Å². The lowest BCUT2D eigenvalue weighted by molar-refractivity contribution is -0.137. The van der Waals surface area contributed by atoms with Gasteiger partial charge in [0.1, 0.15) is 5.01 Å². The van der Waals surface area contributed by atoms with E-state index in [-0.39, 0.29) is 6.29 Å². The number of aromatic nitrogens is 1. The number of alkyl halides is 3. The van der Waals surface area contributed by atoms with Crippen LogP contribution in [-0.4, -0.2) is 42.5 Å². The van der Waals surface area contributed by atoms with Crippen LogP contribution >= 0.6 is 11.3 Å². The monoisotopic (exact) mass is 398 g/mol. The lowest BCUT2D eigenvalue weighted by atomic mass is 9.96. The highest BCUT2D eigenvalue weighted by Crippen LogP contribution is 2.32. The number of piperidine rings is 1. The molecule has 2 aromatic rings. The van der Waals surface area contributed by atoms with Crippen LogP contribution in [0, 0.1) is 5.92 Å². The number of thiazole rings is 1. The SMILES string of the molecule is FC(F)(F)c1ccc(-c2nc(CN3CCC(C4OCCO4)CC3)cs2)cc1. The summed E-state index contributed by atoms with van der Waals surface area (Å²) in [5.41, 5.74) is 1.04. The fourth-order valence-corrected chi connectivity index (χ4v) is 4.39. The van der Waals surface area contributed by atoms with Crippen LogP contribution in [-0.2, 0) is 22.2 Å². The topological polar surface area (TPSA) is 34.6 Å². The van der Waals surface area contributed by atoms with Gasteiger partial charge in [-0.2, -0.15) is 13.2 Å². The van der Waals surface area contributed by atoms with E-state index in [1.165, 1.54) is 23.5 Å². The fraction of sp³-hybridized carbons (Fsp3) is 0.526. The fourth-order valence-electron chi connectivity index (χ4n) is 3.58. The van der Waals surface area contributed by atoms with Crippen LogP contribution in [0.3, 0.4) is 0 Å². The summed E-state index contributed by atoms with van der Waals surface area (Å²) in [5, 5.41) is 2.74. The zero-order valence-corrected chi connectivity index (χ0v) is 15.6.